The van der Waals surface area contributed by atoms with Crippen LogP contribution in [0.1, 0.15) is 5.56 Å². The summed E-state index contributed by atoms with van der Waals surface area (Å²) in [5.41, 5.74) is -3.44. The van der Waals surface area contributed by atoms with Crippen LogP contribution in [0.2, 0.25) is 0 Å². The van der Waals surface area contributed by atoms with Gasteiger partial charge in [-0.25, -0.2) is 0 Å². The summed E-state index contributed by atoms with van der Waals surface area (Å²) < 4.78 is 16.7. The molecule has 5 unspecified atom stereocenters. The number of hydrogen-bond donors (Lipinski definition) is 9. The van der Waals surface area contributed by atoms with Gasteiger partial charge in [0.1, 0.15) is 72.4 Å². The summed E-state index contributed by atoms with van der Waals surface area (Å²) in [6.07, 6.45) is -16.1. The van der Waals surface area contributed by atoms with Crippen LogP contribution in [-0.2, 0) is 28.6 Å². The average molecular weight is 595 g/mol. The van der Waals surface area contributed by atoms with Gasteiger partial charge in [-0.1, -0.05) is 18.2 Å². The van der Waals surface area contributed by atoms with E-state index in [1.807, 2.05) is 0 Å². The molecule has 2 saturated heterocycles. The molecule has 3 heterocycles. The van der Waals surface area contributed by atoms with Crippen molar-refractivity contribution in [1.82, 2.24) is 0 Å². The van der Waals surface area contributed by atoms with Gasteiger partial charge in [-0.2, -0.15) is 0 Å². The van der Waals surface area contributed by atoms with Gasteiger partial charge in [-0.3, -0.25) is 14.4 Å². The Morgan fingerprint density at radius 2 is 1.45 bits per heavy atom. The van der Waals surface area contributed by atoms with Crippen LogP contribution >= 0.6 is 0 Å². The van der Waals surface area contributed by atoms with Crippen LogP contribution in [0.25, 0.3) is 6.08 Å². The van der Waals surface area contributed by atoms with Gasteiger partial charge in [0.15, 0.2) is 23.5 Å². The summed E-state index contributed by atoms with van der Waals surface area (Å²) >= 11 is 0. The third-order valence-corrected chi connectivity index (χ3v) is 8.08. The quantitative estimate of drug-likeness (QED) is 0.111. The smallest absolute Gasteiger partial charge is 0.210 e. The first-order chi connectivity index (χ1) is 19.9. The molecule has 2 fully saturated rings. The predicted octanol–water partition coefficient (Wildman–Crippen LogP) is -4.55. The number of aliphatic hydroxyl groups excluding tert-OH is 7. The first kappa shape index (κ1) is 30.4. The Morgan fingerprint density at radius 3 is 2.07 bits per heavy atom. The van der Waals surface area contributed by atoms with Crippen molar-refractivity contribution in [3.05, 3.63) is 47.2 Å². The molecule has 1 aromatic rings. The fourth-order valence-corrected chi connectivity index (χ4v) is 5.77. The minimum Gasteiger partial charge on any atom is -0.508 e. The fraction of sp³-hybridized carbons (Fsp3) is 0.519. The van der Waals surface area contributed by atoms with Crippen molar-refractivity contribution in [2.45, 2.75) is 66.6 Å². The maximum absolute atomic E-state index is 13.9. The number of rotatable bonds is 6. The Labute approximate surface area is 237 Å². The molecule has 228 valence electrons. The van der Waals surface area contributed by atoms with Gasteiger partial charge in [0, 0.05) is 0 Å². The van der Waals surface area contributed by atoms with Crippen molar-refractivity contribution >= 4 is 23.4 Å². The zero-order chi connectivity index (χ0) is 30.7. The maximum atomic E-state index is 13.9. The normalized spacial score (nSPS) is 42.0. The Kier molecular flexibility index (Phi) is 8.10. The van der Waals surface area contributed by atoms with Gasteiger partial charge >= 0.3 is 0 Å². The van der Waals surface area contributed by atoms with E-state index in [9.17, 15) is 60.3 Å². The lowest BCUT2D eigenvalue weighted by molar-refractivity contribution is -0.267. The van der Waals surface area contributed by atoms with E-state index in [-0.39, 0.29) is 5.75 Å². The molecular formula is C27H30O15. The fourth-order valence-electron chi connectivity index (χ4n) is 5.77. The van der Waals surface area contributed by atoms with E-state index in [4.69, 9.17) is 14.2 Å². The summed E-state index contributed by atoms with van der Waals surface area (Å²) in [4.78, 5) is 41.1. The Morgan fingerprint density at radius 1 is 0.857 bits per heavy atom. The molecule has 15 heteroatoms. The second kappa shape index (κ2) is 11.2. The molecule has 0 bridgehead atoms. The Bertz CT molecular complexity index is 1300. The summed E-state index contributed by atoms with van der Waals surface area (Å²) in [6.45, 7) is -1.75. The molecule has 3 aliphatic heterocycles. The number of aromatic hydroxyl groups is 1. The number of carbonyl (C=O) groups is 3. The van der Waals surface area contributed by atoms with Crippen LogP contribution in [0, 0.1) is 5.92 Å². The number of Topliss-reactive ketones (excluding diaryl/α,β-unsaturated/α-hetero) is 2. The second-order valence-electron chi connectivity index (χ2n) is 10.6. The monoisotopic (exact) mass is 594 g/mol. The molecular weight excluding hydrogens is 564 g/mol. The van der Waals surface area contributed by atoms with E-state index in [1.165, 1.54) is 30.3 Å². The summed E-state index contributed by atoms with van der Waals surface area (Å²) in [5, 5.41) is 93.2. The number of aliphatic hydroxyl groups is 8. The highest BCUT2D eigenvalue weighted by Crippen LogP contribution is 2.49. The molecule has 0 radical (unpaired) electrons. The second-order valence-corrected chi connectivity index (χ2v) is 10.6. The van der Waals surface area contributed by atoms with Crippen LogP contribution in [-0.4, -0.2) is 143 Å². The molecule has 15 nitrogen and oxygen atoms in total. The van der Waals surface area contributed by atoms with Crippen LogP contribution < -0.4 is 0 Å². The predicted molar refractivity (Wildman–Crippen MR) is 134 cm³/mol. The van der Waals surface area contributed by atoms with Gasteiger partial charge in [-0.15, -0.1) is 0 Å². The molecule has 0 saturated carbocycles. The highest BCUT2D eigenvalue weighted by atomic mass is 16.6. The zero-order valence-electron chi connectivity index (χ0n) is 21.7. The first-order valence-corrected chi connectivity index (χ1v) is 13.0. The molecule has 42 heavy (non-hydrogen) atoms. The summed E-state index contributed by atoms with van der Waals surface area (Å²) in [7, 11) is 0. The number of allylic oxidation sites excluding steroid dienone is 1. The van der Waals surface area contributed by atoms with Crippen LogP contribution in [0.3, 0.4) is 0 Å². The highest BCUT2D eigenvalue weighted by Gasteiger charge is 2.69. The van der Waals surface area contributed by atoms with E-state index in [2.05, 4.69) is 0 Å². The molecule has 12 atom stereocenters. The molecule has 0 amide bonds. The van der Waals surface area contributed by atoms with Gasteiger partial charge in [0.2, 0.25) is 5.60 Å². The molecule has 0 spiro atoms. The molecule has 4 aliphatic rings. The number of hydrogen-bond acceptors (Lipinski definition) is 15. The minimum atomic E-state index is -3.22. The number of ketones is 3. The van der Waals surface area contributed by atoms with E-state index in [1.54, 1.807) is 0 Å². The van der Waals surface area contributed by atoms with Crippen molar-refractivity contribution in [2.24, 2.45) is 5.92 Å². The van der Waals surface area contributed by atoms with Crippen molar-refractivity contribution in [1.29, 1.82) is 0 Å². The summed E-state index contributed by atoms with van der Waals surface area (Å²) in [6, 6.07) is 5.51. The van der Waals surface area contributed by atoms with Crippen molar-refractivity contribution < 1.29 is 74.6 Å². The van der Waals surface area contributed by atoms with Crippen molar-refractivity contribution in [2.75, 3.05) is 13.2 Å². The molecule has 1 aliphatic carbocycles. The maximum Gasteiger partial charge on any atom is 0.210 e. The standard InChI is InChI=1S/C27H30O15/c28-7-12-17(33)20(36)23-22(40-12)15-18(34)14(11(31)6-3-9-1-4-10(30)5-2-9)24(38)27(39,25(15)42-23)26-21(37)19(35)16(32)13(8-29)41-26/h1-6,12-14,16-17,19-23,26,28-30,32-33,35-37,39H,7-8H2/b6-3+/t12-,13+,14?,16+,17-,19-,20+,21+,22?,23?,26?,27?/m1/s1. The lowest BCUT2D eigenvalue weighted by atomic mass is 9.68. The van der Waals surface area contributed by atoms with Crippen LogP contribution in [0.5, 0.6) is 5.75 Å². The van der Waals surface area contributed by atoms with Gasteiger partial charge in [-0.05, 0) is 23.8 Å². The lowest BCUT2D eigenvalue weighted by Gasteiger charge is -2.47. The minimum absolute atomic E-state index is 0.0584. The Hall–Kier alpha value is -3.09. The van der Waals surface area contributed by atoms with Gasteiger partial charge in [0.25, 0.3) is 0 Å². The molecule has 9 N–H and O–H groups in total. The lowest BCUT2D eigenvalue weighted by Crippen LogP contribution is -2.70. The molecule has 1 aromatic carbocycles. The van der Waals surface area contributed by atoms with E-state index < -0.39 is 114 Å². The van der Waals surface area contributed by atoms with Crippen molar-refractivity contribution in [3.63, 3.8) is 0 Å². The number of fused-ring (bicyclic) bond motifs is 2. The first-order valence-electron chi connectivity index (χ1n) is 13.0. The SMILES string of the molecule is O=C(/C=C/c1ccc(O)cc1)C1C(=O)C2=C(OC3C2O[C@H](CO)[C@@H](O)[C@@H]3O)C(O)(C2O[C@@H](CO)[C@H](O)[C@@H](O)[C@@H]2O)C1=O. The number of ether oxygens (including phenoxy) is 3. The number of phenols is 1. The highest BCUT2D eigenvalue weighted by molar-refractivity contribution is 6.31. The zero-order valence-corrected chi connectivity index (χ0v) is 21.7. The third-order valence-electron chi connectivity index (χ3n) is 8.08. The molecule has 5 rings (SSSR count). The average Bonchev–Trinajstić information content (AvgIpc) is 3.37. The van der Waals surface area contributed by atoms with Crippen molar-refractivity contribution in [3.8, 4) is 5.75 Å². The van der Waals surface area contributed by atoms with E-state index in [0.717, 1.165) is 6.08 Å². The summed E-state index contributed by atoms with van der Waals surface area (Å²) in [5.74, 6) is -7.09. The largest absolute Gasteiger partial charge is 0.508 e. The number of carbonyl (C=O) groups excluding carboxylic acids is 3. The number of benzene rings is 1. The Balaban J connectivity index is 1.61. The van der Waals surface area contributed by atoms with E-state index in [0.29, 0.717) is 5.56 Å². The van der Waals surface area contributed by atoms with E-state index >= 15 is 0 Å². The van der Waals surface area contributed by atoms with Gasteiger partial charge < -0.3 is 60.2 Å². The van der Waals surface area contributed by atoms with Crippen LogP contribution in [0.15, 0.2) is 41.7 Å². The third kappa shape index (κ3) is 4.58. The van der Waals surface area contributed by atoms with Crippen LogP contribution in [0.4, 0.5) is 0 Å². The molecule has 0 aromatic heterocycles. The van der Waals surface area contributed by atoms with Gasteiger partial charge in [0.05, 0.1) is 18.8 Å². The topological polar surface area (TPSA) is 261 Å². The number of phenolic OH excluding ortho intramolecular Hbond substituents is 1.